The molecule has 1 atom stereocenters. The van der Waals surface area contributed by atoms with E-state index in [1.54, 1.807) is 0 Å². The Balaban J connectivity index is 2.52. The monoisotopic (exact) mass is 191 g/mol. The highest BCUT2D eigenvalue weighted by molar-refractivity contribution is 5.61. The molecule has 0 fully saturated rings. The zero-order chi connectivity index (χ0) is 10.3. The van der Waals surface area contributed by atoms with Gasteiger partial charge < -0.3 is 10.5 Å². The maximum atomic E-state index is 5.95. The van der Waals surface area contributed by atoms with Gasteiger partial charge >= 0.3 is 0 Å². The quantitative estimate of drug-likeness (QED) is 0.693. The smallest absolute Gasteiger partial charge is 0.145 e. The van der Waals surface area contributed by atoms with Crippen molar-refractivity contribution in [1.29, 1.82) is 0 Å². The zero-order valence-corrected chi connectivity index (χ0v) is 9.00. The van der Waals surface area contributed by atoms with E-state index in [4.69, 9.17) is 10.5 Å². The molecule has 0 unspecified atom stereocenters. The van der Waals surface area contributed by atoms with Crippen molar-refractivity contribution in [3.8, 4) is 5.75 Å². The van der Waals surface area contributed by atoms with Crippen molar-refractivity contribution in [3.05, 3.63) is 23.3 Å². The van der Waals surface area contributed by atoms with E-state index < -0.39 is 0 Å². The van der Waals surface area contributed by atoms with Gasteiger partial charge in [-0.25, -0.2) is 0 Å². The van der Waals surface area contributed by atoms with Crippen LogP contribution in [-0.2, 0) is 0 Å². The van der Waals surface area contributed by atoms with E-state index in [0.29, 0.717) is 11.8 Å². The van der Waals surface area contributed by atoms with Gasteiger partial charge in [-0.05, 0) is 17.5 Å². The number of ether oxygens (including phenoxy) is 1. The highest BCUT2D eigenvalue weighted by atomic mass is 16.5. The van der Waals surface area contributed by atoms with E-state index >= 15 is 0 Å². The molecule has 2 nitrogen and oxygen atoms in total. The van der Waals surface area contributed by atoms with E-state index in [2.05, 4.69) is 26.8 Å². The number of rotatable bonds is 1. The van der Waals surface area contributed by atoms with Gasteiger partial charge in [0.05, 0.1) is 12.3 Å². The average molecular weight is 191 g/mol. The lowest BCUT2D eigenvalue weighted by molar-refractivity contribution is 0.339. The summed E-state index contributed by atoms with van der Waals surface area (Å²) in [5.41, 5.74) is 9.31. The van der Waals surface area contributed by atoms with Crippen LogP contribution in [0.3, 0.4) is 0 Å². The molecule has 1 heterocycles. The van der Waals surface area contributed by atoms with E-state index in [9.17, 15) is 0 Å². The van der Waals surface area contributed by atoms with E-state index in [0.717, 1.165) is 18.0 Å². The van der Waals surface area contributed by atoms with Gasteiger partial charge in [0.15, 0.2) is 0 Å². The second-order valence-electron chi connectivity index (χ2n) is 4.40. The summed E-state index contributed by atoms with van der Waals surface area (Å²) in [6, 6.07) is 4.26. The van der Waals surface area contributed by atoms with E-state index in [1.807, 2.05) is 6.07 Å². The molecule has 1 aromatic carbocycles. The predicted molar refractivity (Wildman–Crippen MR) is 58.9 cm³/mol. The van der Waals surface area contributed by atoms with Gasteiger partial charge in [0.1, 0.15) is 5.75 Å². The van der Waals surface area contributed by atoms with Crippen LogP contribution in [0.4, 0.5) is 5.69 Å². The fraction of sp³-hybridized carbons (Fsp3) is 0.500. The maximum Gasteiger partial charge on any atom is 0.145 e. The number of anilines is 1. The topological polar surface area (TPSA) is 35.2 Å². The first-order chi connectivity index (χ1) is 6.59. The number of fused-ring (bicyclic) bond motifs is 1. The van der Waals surface area contributed by atoms with Gasteiger partial charge in [-0.3, -0.25) is 0 Å². The highest BCUT2D eigenvalue weighted by Crippen LogP contribution is 2.40. The summed E-state index contributed by atoms with van der Waals surface area (Å²) in [5, 5.41) is 0. The summed E-state index contributed by atoms with van der Waals surface area (Å²) in [5.74, 6) is 1.91. The molecule has 76 valence electrons. The van der Waals surface area contributed by atoms with Gasteiger partial charge in [0.25, 0.3) is 0 Å². The predicted octanol–water partition coefficient (Wildman–Crippen LogP) is 2.89. The summed E-state index contributed by atoms with van der Waals surface area (Å²) in [4.78, 5) is 0. The maximum absolute atomic E-state index is 5.95. The first kappa shape index (κ1) is 9.38. The molecule has 2 heteroatoms. The Morgan fingerprint density at radius 2 is 2.14 bits per heavy atom. The Morgan fingerprint density at radius 3 is 2.79 bits per heavy atom. The molecular weight excluding hydrogens is 174 g/mol. The third-order valence-corrected chi connectivity index (χ3v) is 2.84. The van der Waals surface area contributed by atoms with Crippen LogP contribution < -0.4 is 10.5 Å². The lowest BCUT2D eigenvalue weighted by atomic mass is 9.95. The molecule has 0 aromatic heterocycles. The molecule has 0 spiro atoms. The van der Waals surface area contributed by atoms with E-state index in [-0.39, 0.29) is 0 Å². The van der Waals surface area contributed by atoms with Crippen LogP contribution >= 0.6 is 0 Å². The molecule has 2 rings (SSSR count). The standard InChI is InChI=1S/C12H17NO/c1-7(2)9-4-10-8(3)6-14-12(10)11(13)5-9/h4-5,7-8H,6,13H2,1-3H3/t8-/m0/s1. The van der Waals surface area contributed by atoms with Gasteiger partial charge in [0.2, 0.25) is 0 Å². The Labute approximate surface area is 85.1 Å². The van der Waals surface area contributed by atoms with Crippen LogP contribution in [0.1, 0.15) is 43.7 Å². The second-order valence-corrected chi connectivity index (χ2v) is 4.40. The average Bonchev–Trinajstić information content (AvgIpc) is 2.48. The Bertz CT molecular complexity index is 358. The number of hydrogen-bond acceptors (Lipinski definition) is 2. The van der Waals surface area contributed by atoms with Gasteiger partial charge in [-0.1, -0.05) is 26.8 Å². The minimum absolute atomic E-state index is 0.478. The van der Waals surface area contributed by atoms with Crippen molar-refractivity contribution in [3.63, 3.8) is 0 Å². The van der Waals surface area contributed by atoms with Crippen molar-refractivity contribution < 1.29 is 4.74 Å². The van der Waals surface area contributed by atoms with Crippen LogP contribution in [0.15, 0.2) is 12.1 Å². The van der Waals surface area contributed by atoms with Gasteiger partial charge in [-0.15, -0.1) is 0 Å². The fourth-order valence-corrected chi connectivity index (χ4v) is 1.86. The molecule has 0 saturated heterocycles. The number of nitrogens with two attached hydrogens (primary N) is 1. The van der Waals surface area contributed by atoms with Crippen molar-refractivity contribution in [2.75, 3.05) is 12.3 Å². The molecule has 0 radical (unpaired) electrons. The first-order valence-electron chi connectivity index (χ1n) is 5.15. The Morgan fingerprint density at radius 1 is 1.43 bits per heavy atom. The highest BCUT2D eigenvalue weighted by Gasteiger charge is 2.23. The summed E-state index contributed by atoms with van der Waals surface area (Å²) < 4.78 is 5.55. The minimum Gasteiger partial charge on any atom is -0.490 e. The molecule has 0 aliphatic carbocycles. The third kappa shape index (κ3) is 1.35. The zero-order valence-electron chi connectivity index (χ0n) is 9.00. The largest absolute Gasteiger partial charge is 0.490 e. The van der Waals surface area contributed by atoms with Gasteiger partial charge in [0, 0.05) is 11.5 Å². The fourth-order valence-electron chi connectivity index (χ4n) is 1.86. The van der Waals surface area contributed by atoms with Crippen molar-refractivity contribution >= 4 is 5.69 Å². The summed E-state index contributed by atoms with van der Waals surface area (Å²) in [6.07, 6.45) is 0. The molecule has 1 aliphatic heterocycles. The third-order valence-electron chi connectivity index (χ3n) is 2.84. The lowest BCUT2D eigenvalue weighted by Gasteiger charge is -2.10. The van der Waals surface area contributed by atoms with Crippen molar-refractivity contribution in [2.24, 2.45) is 0 Å². The molecule has 14 heavy (non-hydrogen) atoms. The number of nitrogen functional groups attached to an aromatic ring is 1. The number of hydrogen-bond donors (Lipinski definition) is 1. The Hall–Kier alpha value is -1.18. The van der Waals surface area contributed by atoms with Crippen molar-refractivity contribution in [1.82, 2.24) is 0 Å². The SMILES string of the molecule is CC(C)c1cc(N)c2c(c1)[C@@H](C)CO2. The van der Waals surface area contributed by atoms with Crippen LogP contribution in [0.5, 0.6) is 5.75 Å². The van der Waals surface area contributed by atoms with Crippen LogP contribution in [0.2, 0.25) is 0 Å². The molecule has 1 aromatic rings. The molecule has 0 saturated carbocycles. The van der Waals surface area contributed by atoms with Gasteiger partial charge in [-0.2, -0.15) is 0 Å². The van der Waals surface area contributed by atoms with Crippen LogP contribution in [0.25, 0.3) is 0 Å². The first-order valence-corrected chi connectivity index (χ1v) is 5.15. The lowest BCUT2D eigenvalue weighted by Crippen LogP contribution is -1.95. The van der Waals surface area contributed by atoms with Crippen LogP contribution in [0, 0.1) is 0 Å². The Kier molecular flexibility index (Phi) is 2.14. The summed E-state index contributed by atoms with van der Waals surface area (Å²) in [6.45, 7) is 7.31. The normalized spacial score (nSPS) is 19.6. The molecule has 1 aliphatic rings. The summed E-state index contributed by atoms with van der Waals surface area (Å²) in [7, 11) is 0. The molecule has 0 amide bonds. The summed E-state index contributed by atoms with van der Waals surface area (Å²) >= 11 is 0. The minimum atomic E-state index is 0.478. The molecular formula is C12H17NO. The molecule has 2 N–H and O–H groups in total. The van der Waals surface area contributed by atoms with Crippen molar-refractivity contribution in [2.45, 2.75) is 32.6 Å². The van der Waals surface area contributed by atoms with E-state index in [1.165, 1.54) is 11.1 Å². The van der Waals surface area contributed by atoms with Crippen LogP contribution in [-0.4, -0.2) is 6.61 Å². The molecule has 0 bridgehead atoms. The second kappa shape index (κ2) is 3.19. The number of benzene rings is 1.